The summed E-state index contributed by atoms with van der Waals surface area (Å²) in [6.45, 7) is 22.4. The molecule has 11 heteroatoms. The van der Waals surface area contributed by atoms with Gasteiger partial charge in [0.25, 0.3) is 0 Å². The van der Waals surface area contributed by atoms with Gasteiger partial charge in [0.15, 0.2) is 14.1 Å². The van der Waals surface area contributed by atoms with Gasteiger partial charge in [0.05, 0.1) is 19.3 Å². The summed E-state index contributed by atoms with van der Waals surface area (Å²) in [4.78, 5) is 14.4. The average Bonchev–Trinajstić information content (AvgIpc) is 3.15. The first kappa shape index (κ1) is 47.2. The Morgan fingerprint density at radius 2 is 1.22 bits per heavy atom. The minimum atomic E-state index is -2.22. The Hall–Kier alpha value is -2.22. The van der Waals surface area contributed by atoms with Crippen molar-refractivity contribution in [2.75, 3.05) is 26.8 Å². The van der Waals surface area contributed by atoms with E-state index < -0.39 is 55.0 Å². The quantitative estimate of drug-likeness (QED) is 0.0361. The number of carbonyl (C=O) groups excluding carboxylic acids is 1. The van der Waals surface area contributed by atoms with Crippen molar-refractivity contribution in [3.63, 3.8) is 0 Å². The molecule has 0 radical (unpaired) electrons. The molecule has 0 aromatic heterocycles. The van der Waals surface area contributed by atoms with Crippen LogP contribution in [-0.4, -0.2) is 87.6 Å². The Labute approximate surface area is 336 Å². The molecule has 0 aliphatic heterocycles. The van der Waals surface area contributed by atoms with Crippen LogP contribution in [0, 0.1) is 11.8 Å². The van der Waals surface area contributed by atoms with Crippen molar-refractivity contribution < 1.29 is 37.6 Å². The zero-order chi connectivity index (χ0) is 40.2. The predicted molar refractivity (Wildman–Crippen MR) is 231 cm³/mol. The third-order valence-corrected chi connectivity index (χ3v) is 18.1. The van der Waals surface area contributed by atoms with E-state index >= 15 is 0 Å². The molecule has 306 valence electrons. The highest BCUT2D eigenvalue weighted by Crippen LogP contribution is 2.29. The summed E-state index contributed by atoms with van der Waals surface area (Å²) >= 11 is 0. The first-order valence-electron chi connectivity index (χ1n) is 20.3. The molecule has 0 spiro atoms. The minimum Gasteiger partial charge on any atom is -0.410 e. The molecule has 3 rings (SSSR count). The molecule has 2 aromatic rings. The van der Waals surface area contributed by atoms with Crippen LogP contribution in [0.3, 0.4) is 0 Å². The molecule has 2 unspecified atom stereocenters. The molecular weight excluding hydrogens is 741 g/mol. The van der Waals surface area contributed by atoms with Crippen molar-refractivity contribution in [2.24, 2.45) is 0 Å². The lowest BCUT2D eigenvalue weighted by molar-refractivity contribution is -0.192. The number of rotatable bonds is 23. The van der Waals surface area contributed by atoms with E-state index in [0.29, 0.717) is 32.8 Å². The van der Waals surface area contributed by atoms with Gasteiger partial charge in [-0.1, -0.05) is 145 Å². The lowest BCUT2D eigenvalue weighted by Crippen LogP contribution is -2.52. The highest BCUT2D eigenvalue weighted by atomic mass is 28.4. The van der Waals surface area contributed by atoms with E-state index in [4.69, 9.17) is 32.8 Å². The number of Topliss-reactive ketones (excluding diaryl/α,β-unsaturated/α-hetero) is 1. The molecular formula is C44H70O8Si3. The topological polar surface area (TPSA) is 81.7 Å². The van der Waals surface area contributed by atoms with E-state index in [1.54, 1.807) is 0 Å². The van der Waals surface area contributed by atoms with Gasteiger partial charge in [-0.25, -0.2) is 0 Å². The van der Waals surface area contributed by atoms with Crippen LogP contribution in [-0.2, 0) is 50.9 Å². The summed E-state index contributed by atoms with van der Waals surface area (Å²) < 4.78 is 45.2. The van der Waals surface area contributed by atoms with Crippen molar-refractivity contribution in [3.8, 4) is 11.8 Å². The Balaban J connectivity index is 2.03. The molecule has 0 fully saturated rings. The summed E-state index contributed by atoms with van der Waals surface area (Å²) in [6.07, 6.45) is 0.790. The fourth-order valence-electron chi connectivity index (χ4n) is 6.11. The largest absolute Gasteiger partial charge is 0.410 e. The minimum absolute atomic E-state index is 0.0184. The van der Waals surface area contributed by atoms with Gasteiger partial charge in [-0.15, -0.1) is 0 Å². The second-order valence-electron chi connectivity index (χ2n) is 16.9. The number of hydrogen-bond donors (Lipinski definition) is 0. The van der Waals surface area contributed by atoms with E-state index in [9.17, 15) is 4.79 Å². The molecule has 0 heterocycles. The number of allylic oxidation sites excluding steroid dienone is 1. The first-order chi connectivity index (χ1) is 26.3. The number of benzene rings is 2. The number of ether oxygens (including phenoxy) is 6. The van der Waals surface area contributed by atoms with Gasteiger partial charge < -0.3 is 32.8 Å². The Morgan fingerprint density at radius 3 is 1.75 bits per heavy atom. The Kier molecular flexibility index (Phi) is 21.0. The van der Waals surface area contributed by atoms with Crippen LogP contribution < -0.4 is 0 Å². The molecule has 0 bridgehead atoms. The van der Waals surface area contributed by atoms with Crippen LogP contribution in [0.4, 0.5) is 0 Å². The fourth-order valence-corrected chi connectivity index (χ4v) is 10.5. The molecule has 1 aliphatic rings. The zero-order valence-electron chi connectivity index (χ0n) is 35.3. The molecule has 0 amide bonds. The van der Waals surface area contributed by atoms with Gasteiger partial charge in [0, 0.05) is 42.2 Å². The van der Waals surface area contributed by atoms with Gasteiger partial charge in [-0.3, -0.25) is 4.79 Å². The molecule has 2 aromatic carbocycles. The number of carbonyl (C=O) groups is 1. The Bertz CT molecular complexity index is 1440. The number of ketones is 1. The van der Waals surface area contributed by atoms with Gasteiger partial charge in [0.1, 0.15) is 38.0 Å². The maximum Gasteiger partial charge on any atom is 0.192 e. The normalized spacial score (nSPS) is 22.0. The second-order valence-corrected chi connectivity index (χ2v) is 32.9. The molecule has 1 aliphatic carbocycles. The first-order valence-corrected chi connectivity index (χ1v) is 30.3. The van der Waals surface area contributed by atoms with E-state index in [1.165, 1.54) is 0 Å². The third kappa shape index (κ3) is 18.3. The lowest BCUT2D eigenvalue weighted by Gasteiger charge is -2.38. The van der Waals surface area contributed by atoms with Crippen molar-refractivity contribution in [3.05, 3.63) is 83.9 Å². The monoisotopic (exact) mass is 810 g/mol. The SMILES string of the molecule is CC[Si](CC)(CC)OC1CC#CC(OCc2ccccc2)[C@@H](OCc2ccccc2)/C=C\CC(=O)[C@@H](OCOCC[Si](C)(C)C)[C@@H]1OCOCC[Si](C)(C)C. The maximum absolute atomic E-state index is 14.4. The third-order valence-electron chi connectivity index (χ3n) is 10.0. The van der Waals surface area contributed by atoms with E-state index in [-0.39, 0.29) is 25.8 Å². The predicted octanol–water partition coefficient (Wildman–Crippen LogP) is 9.87. The van der Waals surface area contributed by atoms with Gasteiger partial charge in [-0.2, -0.15) is 0 Å². The second kappa shape index (κ2) is 24.5. The smallest absolute Gasteiger partial charge is 0.192 e. The zero-order valence-corrected chi connectivity index (χ0v) is 38.3. The Morgan fingerprint density at radius 1 is 0.691 bits per heavy atom. The summed E-state index contributed by atoms with van der Waals surface area (Å²) in [7, 11) is -4.85. The van der Waals surface area contributed by atoms with E-state index in [0.717, 1.165) is 41.3 Å². The van der Waals surface area contributed by atoms with Crippen LogP contribution >= 0.6 is 0 Å². The standard InChI is InChI=1S/C44H70O8Si3/c1-10-55(11-2,12-3)52-42-28-20-27-41(49-34-38-23-17-14-18-24-38)40(48-33-37-21-15-13-16-22-37)26-19-25-39(45)43(50-35-46-29-31-53(4,5)6)44(42)51-36-47-30-32-54(7,8)9/h13-19,21-24,26,40-44H,10-12,25,28-36H2,1-9H3/b26-19-/t40-,41?,42?,43+,44+/m0/s1. The van der Waals surface area contributed by atoms with Crippen molar-refractivity contribution in [2.45, 2.75) is 147 Å². The highest BCUT2D eigenvalue weighted by molar-refractivity contribution is 6.76. The van der Waals surface area contributed by atoms with Crippen LogP contribution in [0.15, 0.2) is 72.8 Å². The molecule has 0 saturated carbocycles. The van der Waals surface area contributed by atoms with Crippen molar-refractivity contribution >= 4 is 30.2 Å². The van der Waals surface area contributed by atoms with Crippen LogP contribution in [0.1, 0.15) is 44.7 Å². The van der Waals surface area contributed by atoms with E-state index in [2.05, 4.69) is 71.9 Å². The van der Waals surface area contributed by atoms with Gasteiger partial charge in [0.2, 0.25) is 0 Å². The summed E-state index contributed by atoms with van der Waals surface area (Å²) in [5, 5.41) is 0. The van der Waals surface area contributed by atoms with Crippen LogP contribution in [0.5, 0.6) is 0 Å². The molecule has 55 heavy (non-hydrogen) atoms. The van der Waals surface area contributed by atoms with Crippen molar-refractivity contribution in [1.82, 2.24) is 0 Å². The van der Waals surface area contributed by atoms with E-state index in [1.807, 2.05) is 72.8 Å². The number of hydrogen-bond acceptors (Lipinski definition) is 8. The summed E-state index contributed by atoms with van der Waals surface area (Å²) in [5.41, 5.74) is 2.08. The summed E-state index contributed by atoms with van der Waals surface area (Å²) in [6, 6.07) is 24.9. The average molecular weight is 811 g/mol. The van der Waals surface area contributed by atoms with Gasteiger partial charge >= 0.3 is 0 Å². The fraction of sp³-hybridized carbons (Fsp3) is 0.614. The van der Waals surface area contributed by atoms with Crippen LogP contribution in [0.25, 0.3) is 0 Å². The maximum atomic E-state index is 14.4. The molecule has 8 nitrogen and oxygen atoms in total. The highest BCUT2D eigenvalue weighted by Gasteiger charge is 2.41. The van der Waals surface area contributed by atoms with Crippen molar-refractivity contribution in [1.29, 1.82) is 0 Å². The molecule has 5 atom stereocenters. The molecule has 0 saturated heterocycles. The summed E-state index contributed by atoms with van der Waals surface area (Å²) in [5.74, 6) is 6.75. The lowest BCUT2D eigenvalue weighted by atomic mass is 9.98. The van der Waals surface area contributed by atoms with Gasteiger partial charge in [-0.05, 0) is 41.3 Å². The molecule has 0 N–H and O–H groups in total. The van der Waals surface area contributed by atoms with Crippen LogP contribution in [0.2, 0.25) is 69.5 Å².